The molecule has 51 heavy (non-hydrogen) atoms. The van der Waals surface area contributed by atoms with Gasteiger partial charge >= 0.3 is 0 Å². The van der Waals surface area contributed by atoms with Gasteiger partial charge in [-0.15, -0.1) is 12.1 Å². The molecular formula is C37H61N6O7Y-. The Morgan fingerprint density at radius 3 is 2.43 bits per heavy atom. The zero-order valence-corrected chi connectivity index (χ0v) is 33.9. The summed E-state index contributed by atoms with van der Waals surface area (Å²) >= 11 is 0. The largest absolute Gasteiger partial charge is 0.623 e. The van der Waals surface area contributed by atoms with Crippen molar-refractivity contribution < 1.29 is 67.3 Å². The number of aliphatic hydroxyl groups excluding tert-OH is 1. The van der Waals surface area contributed by atoms with Crippen molar-refractivity contribution in [1.29, 1.82) is 0 Å². The third-order valence-electron chi connectivity index (χ3n) is 8.64. The van der Waals surface area contributed by atoms with Crippen LogP contribution in [0.4, 0.5) is 5.69 Å². The van der Waals surface area contributed by atoms with Crippen LogP contribution in [0.5, 0.6) is 0 Å². The van der Waals surface area contributed by atoms with E-state index >= 15 is 0 Å². The number of anilines is 1. The summed E-state index contributed by atoms with van der Waals surface area (Å²) in [7, 11) is 1.96. The molecule has 0 aromatic heterocycles. The van der Waals surface area contributed by atoms with Gasteiger partial charge in [0.1, 0.15) is 13.2 Å². The Balaban J connectivity index is 0.000000344. The molecule has 4 heterocycles. The van der Waals surface area contributed by atoms with Crippen LogP contribution in [-0.2, 0) is 58.4 Å². The van der Waals surface area contributed by atoms with Gasteiger partial charge in [-0.2, -0.15) is 5.10 Å². The number of aliphatic hydroxyl groups is 3. The first-order valence-electron chi connectivity index (χ1n) is 17.9. The second kappa shape index (κ2) is 25.4. The number of piperidine rings is 1. The maximum Gasteiger partial charge on any atom is 0.156 e. The molecule has 0 saturated carbocycles. The predicted molar refractivity (Wildman–Crippen MR) is 196 cm³/mol. The number of ether oxygens (including phenoxy) is 2. The number of hydrogen-bond acceptors (Lipinski definition) is 12. The normalized spacial score (nSPS) is 20.5. The van der Waals surface area contributed by atoms with Crippen LogP contribution in [0.15, 0.2) is 40.6 Å². The SMILES string of the molecule is C#CCOOCCOCCOCCCc1ccc(N2CCCC3(CNC3)C2)cc1.CC(C)(O)O.CN1CC2=C(CC(CO)CCCN/N=C\2)[N-]1.[Y]. The number of hydrazone groups is 1. The molecule has 285 valence electrons. The molecule has 1 unspecified atom stereocenters. The van der Waals surface area contributed by atoms with E-state index in [1.54, 1.807) is 0 Å². The Hall–Kier alpha value is -1.67. The zero-order valence-electron chi connectivity index (χ0n) is 31.0. The average molecular weight is 791 g/mol. The van der Waals surface area contributed by atoms with Crippen molar-refractivity contribution in [3.05, 3.63) is 46.5 Å². The molecule has 5 rings (SSSR count). The summed E-state index contributed by atoms with van der Waals surface area (Å²) in [4.78, 5) is 12.1. The summed E-state index contributed by atoms with van der Waals surface area (Å²) in [6, 6.07) is 9.09. The van der Waals surface area contributed by atoms with Gasteiger partial charge < -0.3 is 50.9 Å². The first-order valence-corrected chi connectivity index (χ1v) is 17.9. The van der Waals surface area contributed by atoms with Crippen LogP contribution in [0.25, 0.3) is 5.43 Å². The van der Waals surface area contributed by atoms with Crippen molar-refractivity contribution in [1.82, 2.24) is 15.8 Å². The van der Waals surface area contributed by atoms with Crippen molar-refractivity contribution in [2.45, 2.75) is 64.6 Å². The standard InChI is InChI=1S/C23H34N2O4.C11H19N4O.C3H8O2.Y/c1-2-12-28-29-17-16-27-15-14-26-13-3-5-21-6-8-22(9-7-21)25-11-4-10-23(20-25)18-24-19-23;1-15-7-10-6-13-12-4-2-3-9(8-16)5-11(10)14-15;1-3(2,4)5;/h1,6-9,24H,3-5,10-20H2;6,9,12,16H,2-5,7-8H2,1H3;4-5H,1-2H3;/q;-1;;/b;13-6-;;. The molecular weight excluding hydrogens is 729 g/mol. The molecule has 4 aliphatic rings. The molecule has 5 N–H and O–H groups in total. The number of nitrogens with zero attached hydrogens (tertiary/aromatic N) is 4. The first kappa shape index (κ1) is 45.5. The second-order valence-electron chi connectivity index (χ2n) is 13.9. The van der Waals surface area contributed by atoms with Crippen LogP contribution in [0.2, 0.25) is 0 Å². The van der Waals surface area contributed by atoms with Crippen molar-refractivity contribution >= 4 is 11.9 Å². The van der Waals surface area contributed by atoms with E-state index in [-0.39, 0.29) is 45.9 Å². The van der Waals surface area contributed by atoms with Gasteiger partial charge in [0, 0.05) is 103 Å². The van der Waals surface area contributed by atoms with Crippen LogP contribution < -0.4 is 15.6 Å². The van der Waals surface area contributed by atoms with Gasteiger partial charge in [0.25, 0.3) is 0 Å². The number of allylic oxidation sites excluding steroid dienone is 1. The van der Waals surface area contributed by atoms with Crippen LogP contribution >= 0.6 is 0 Å². The first-order chi connectivity index (χ1) is 24.1. The van der Waals surface area contributed by atoms with Gasteiger partial charge in [0.05, 0.1) is 19.8 Å². The summed E-state index contributed by atoms with van der Waals surface area (Å²) in [5.41, 5.74) is 13.0. The number of terminal acetylenes is 1. The van der Waals surface area contributed by atoms with Gasteiger partial charge in [-0.25, -0.2) is 9.78 Å². The number of nitrogens with one attached hydrogen (secondary N) is 2. The Kier molecular flexibility index (Phi) is 22.6. The Morgan fingerprint density at radius 2 is 1.76 bits per heavy atom. The van der Waals surface area contributed by atoms with E-state index in [0.717, 1.165) is 63.1 Å². The van der Waals surface area contributed by atoms with Gasteiger partial charge in [0.15, 0.2) is 5.79 Å². The fourth-order valence-electron chi connectivity index (χ4n) is 6.12. The maximum absolute atomic E-state index is 9.32. The topological polar surface area (TPSA) is 155 Å². The molecule has 13 nitrogen and oxygen atoms in total. The number of rotatable bonds is 14. The molecule has 1 aromatic carbocycles. The maximum atomic E-state index is 9.32. The number of likely N-dealkylation sites (N-methyl/N-ethyl adjacent to an activating group) is 1. The van der Waals surface area contributed by atoms with E-state index in [0.29, 0.717) is 37.8 Å². The number of benzene rings is 1. The van der Waals surface area contributed by atoms with E-state index in [2.05, 4.69) is 56.4 Å². The Bertz CT molecular complexity index is 1180. The number of hydrogen-bond donors (Lipinski definition) is 5. The molecule has 1 aromatic rings. The van der Waals surface area contributed by atoms with Crippen molar-refractivity contribution in [2.24, 2.45) is 16.4 Å². The third kappa shape index (κ3) is 19.3. The molecule has 1 atom stereocenters. The molecule has 0 aliphatic carbocycles. The molecule has 1 radical (unpaired) electrons. The van der Waals surface area contributed by atoms with Crippen molar-refractivity contribution in [3.63, 3.8) is 0 Å². The van der Waals surface area contributed by atoms with E-state index in [1.807, 2.05) is 18.3 Å². The van der Waals surface area contributed by atoms with E-state index in [9.17, 15) is 5.11 Å². The quantitative estimate of drug-likeness (QED) is 0.0622. The smallest absolute Gasteiger partial charge is 0.156 e. The second-order valence-corrected chi connectivity index (χ2v) is 13.9. The van der Waals surface area contributed by atoms with Crippen LogP contribution in [0.1, 0.15) is 57.9 Å². The van der Waals surface area contributed by atoms with Gasteiger partial charge in [-0.1, -0.05) is 18.1 Å². The molecule has 1 spiro atoms. The van der Waals surface area contributed by atoms with E-state index in [4.69, 9.17) is 35.9 Å². The number of aryl methyl sites for hydroxylation is 1. The fourth-order valence-corrected chi connectivity index (χ4v) is 6.12. The average Bonchev–Trinajstić information content (AvgIpc) is 3.44. The Morgan fingerprint density at radius 1 is 1.06 bits per heavy atom. The minimum absolute atomic E-state index is 0. The summed E-state index contributed by atoms with van der Waals surface area (Å²) in [6.07, 6.45) is 14.5. The van der Waals surface area contributed by atoms with Gasteiger partial charge in [-0.3, -0.25) is 0 Å². The molecule has 0 amide bonds. The summed E-state index contributed by atoms with van der Waals surface area (Å²) in [6.45, 7) is 12.2. The molecule has 0 bridgehead atoms. The summed E-state index contributed by atoms with van der Waals surface area (Å²) in [5, 5.41) is 35.0. The minimum atomic E-state index is -1.50. The summed E-state index contributed by atoms with van der Waals surface area (Å²) < 4.78 is 11.0. The van der Waals surface area contributed by atoms with Crippen LogP contribution in [0.3, 0.4) is 0 Å². The van der Waals surface area contributed by atoms with Crippen LogP contribution in [0, 0.1) is 23.7 Å². The predicted octanol–water partition coefficient (Wildman–Crippen LogP) is 2.97. The molecule has 14 heteroatoms. The van der Waals surface area contributed by atoms with Gasteiger partial charge in [0.2, 0.25) is 0 Å². The molecule has 2 saturated heterocycles. The van der Waals surface area contributed by atoms with E-state index in [1.165, 1.54) is 64.1 Å². The Labute approximate surface area is 330 Å². The van der Waals surface area contributed by atoms with E-state index < -0.39 is 5.79 Å². The monoisotopic (exact) mass is 790 g/mol. The zero-order chi connectivity index (χ0) is 36.1. The summed E-state index contributed by atoms with van der Waals surface area (Å²) in [5.74, 6) is 1.15. The minimum Gasteiger partial charge on any atom is -0.623 e. The fraction of sp³-hybridized carbons (Fsp3) is 0.703. The van der Waals surface area contributed by atoms with Gasteiger partial charge in [-0.05, 0) is 95.0 Å². The molecule has 4 aliphatic heterocycles. The van der Waals surface area contributed by atoms with Crippen molar-refractivity contribution in [3.8, 4) is 12.3 Å². The van der Waals surface area contributed by atoms with Crippen molar-refractivity contribution in [2.75, 3.05) is 97.5 Å². The third-order valence-corrected chi connectivity index (χ3v) is 8.64. The molecule has 2 fully saturated rings. The van der Waals surface area contributed by atoms with Crippen LogP contribution in [-0.4, -0.2) is 125 Å².